The molecule has 6 nitrogen and oxygen atoms in total. The Bertz CT molecular complexity index is 889. The minimum atomic E-state index is -0.284. The molecule has 0 spiro atoms. The summed E-state index contributed by atoms with van der Waals surface area (Å²) in [5, 5.41) is 6.14. The molecule has 3 aromatic rings. The van der Waals surface area contributed by atoms with Gasteiger partial charge in [0, 0.05) is 37.1 Å². The first-order valence-electron chi connectivity index (χ1n) is 6.85. The third-order valence-electron chi connectivity index (χ3n) is 3.58. The Balaban J connectivity index is 2.15. The molecule has 114 valence electrons. The Hall–Kier alpha value is -2.41. The van der Waals surface area contributed by atoms with Crippen LogP contribution in [0.1, 0.15) is 21.7 Å². The molecular formula is C15H17N5OS. The molecule has 3 rings (SSSR count). The zero-order chi connectivity index (χ0) is 15.9. The van der Waals surface area contributed by atoms with Gasteiger partial charge in [0.25, 0.3) is 5.91 Å². The number of carbonyl (C=O) groups excluding carboxylic acids is 1. The average Bonchev–Trinajstić information content (AvgIpc) is 3.13. The maximum Gasteiger partial charge on any atom is 0.285 e. The van der Waals surface area contributed by atoms with Crippen LogP contribution in [0.4, 0.5) is 0 Å². The van der Waals surface area contributed by atoms with Crippen LogP contribution >= 0.6 is 11.3 Å². The molecule has 0 aliphatic carbocycles. The standard InChI is InChI=1S/C15H17N5OS/c1-10-5-6-11(2)20(10)14-12(9-16-19(14)4)13(21)17-15-18(3)7-8-22-15/h5-9H,1-4H3. The summed E-state index contributed by atoms with van der Waals surface area (Å²) in [6.07, 6.45) is 3.45. The summed E-state index contributed by atoms with van der Waals surface area (Å²) >= 11 is 1.43. The minimum Gasteiger partial charge on any atom is -0.327 e. The molecule has 22 heavy (non-hydrogen) atoms. The second kappa shape index (κ2) is 5.42. The van der Waals surface area contributed by atoms with Crippen molar-refractivity contribution in [3.63, 3.8) is 0 Å². The fraction of sp³-hybridized carbons (Fsp3) is 0.267. The lowest BCUT2D eigenvalue weighted by Crippen LogP contribution is -2.15. The average molecular weight is 315 g/mol. The van der Waals surface area contributed by atoms with Crippen LogP contribution in [-0.2, 0) is 14.1 Å². The Morgan fingerprint density at radius 2 is 1.91 bits per heavy atom. The lowest BCUT2D eigenvalue weighted by atomic mass is 10.3. The molecule has 0 aromatic carbocycles. The van der Waals surface area contributed by atoms with Crippen LogP contribution in [0.2, 0.25) is 0 Å². The van der Waals surface area contributed by atoms with Gasteiger partial charge in [-0.1, -0.05) is 0 Å². The van der Waals surface area contributed by atoms with E-state index in [1.54, 1.807) is 10.9 Å². The highest BCUT2D eigenvalue weighted by atomic mass is 32.1. The molecular weight excluding hydrogens is 298 g/mol. The van der Waals surface area contributed by atoms with E-state index in [-0.39, 0.29) is 5.91 Å². The van der Waals surface area contributed by atoms with Gasteiger partial charge in [0.1, 0.15) is 11.4 Å². The number of rotatable bonds is 2. The van der Waals surface area contributed by atoms with E-state index in [1.807, 2.05) is 60.8 Å². The first-order valence-corrected chi connectivity index (χ1v) is 7.73. The number of thiazole rings is 1. The number of hydrogen-bond donors (Lipinski definition) is 0. The van der Waals surface area contributed by atoms with E-state index in [4.69, 9.17) is 0 Å². The van der Waals surface area contributed by atoms with E-state index in [0.717, 1.165) is 17.2 Å². The molecule has 0 unspecified atom stereocenters. The summed E-state index contributed by atoms with van der Waals surface area (Å²) in [6, 6.07) is 4.04. The fourth-order valence-electron chi connectivity index (χ4n) is 2.43. The van der Waals surface area contributed by atoms with Crippen LogP contribution in [0, 0.1) is 13.8 Å². The molecule has 0 saturated carbocycles. The van der Waals surface area contributed by atoms with Crippen LogP contribution in [0.3, 0.4) is 0 Å². The molecule has 0 atom stereocenters. The number of nitrogens with zero attached hydrogens (tertiary/aromatic N) is 5. The second-order valence-corrected chi connectivity index (χ2v) is 6.04. The molecule has 0 N–H and O–H groups in total. The zero-order valence-corrected chi connectivity index (χ0v) is 13.8. The van der Waals surface area contributed by atoms with Crippen molar-refractivity contribution < 1.29 is 4.79 Å². The highest BCUT2D eigenvalue weighted by Crippen LogP contribution is 2.20. The topological polar surface area (TPSA) is 57.1 Å². The van der Waals surface area contributed by atoms with Crippen LogP contribution in [0.25, 0.3) is 5.82 Å². The molecule has 7 heteroatoms. The third kappa shape index (κ3) is 2.33. The fourth-order valence-corrected chi connectivity index (χ4v) is 3.16. The third-order valence-corrected chi connectivity index (χ3v) is 4.43. The first kappa shape index (κ1) is 14.5. The quantitative estimate of drug-likeness (QED) is 0.726. The number of aromatic nitrogens is 4. The molecule has 0 bridgehead atoms. The van der Waals surface area contributed by atoms with Gasteiger partial charge in [0.2, 0.25) is 0 Å². The largest absolute Gasteiger partial charge is 0.327 e. The van der Waals surface area contributed by atoms with Crippen molar-refractivity contribution in [2.24, 2.45) is 19.1 Å². The van der Waals surface area contributed by atoms with Crippen molar-refractivity contribution >= 4 is 17.2 Å². The highest BCUT2D eigenvalue weighted by Gasteiger charge is 2.19. The van der Waals surface area contributed by atoms with E-state index in [1.165, 1.54) is 11.3 Å². The molecule has 3 heterocycles. The summed E-state index contributed by atoms with van der Waals surface area (Å²) in [7, 11) is 3.70. The van der Waals surface area contributed by atoms with Gasteiger partial charge in [0.15, 0.2) is 4.80 Å². The summed E-state index contributed by atoms with van der Waals surface area (Å²) in [5.74, 6) is 0.460. The van der Waals surface area contributed by atoms with E-state index in [2.05, 4.69) is 10.1 Å². The van der Waals surface area contributed by atoms with E-state index < -0.39 is 0 Å². The number of hydrogen-bond acceptors (Lipinski definition) is 3. The van der Waals surface area contributed by atoms with Crippen molar-refractivity contribution in [3.05, 3.63) is 51.7 Å². The summed E-state index contributed by atoms with van der Waals surface area (Å²) in [4.78, 5) is 17.5. The van der Waals surface area contributed by atoms with E-state index in [0.29, 0.717) is 10.4 Å². The summed E-state index contributed by atoms with van der Waals surface area (Å²) in [5.41, 5.74) is 2.60. The van der Waals surface area contributed by atoms with Crippen LogP contribution in [0.15, 0.2) is 34.9 Å². The second-order valence-electron chi connectivity index (χ2n) is 5.17. The molecule has 1 amide bonds. The zero-order valence-electron chi connectivity index (χ0n) is 12.9. The highest BCUT2D eigenvalue weighted by molar-refractivity contribution is 7.07. The van der Waals surface area contributed by atoms with E-state index in [9.17, 15) is 4.79 Å². The van der Waals surface area contributed by atoms with Crippen molar-refractivity contribution in [1.29, 1.82) is 0 Å². The number of aryl methyl sites for hydroxylation is 4. The Morgan fingerprint density at radius 3 is 2.50 bits per heavy atom. The molecule has 0 radical (unpaired) electrons. The lowest BCUT2D eigenvalue weighted by molar-refractivity contribution is 0.0998. The molecule has 0 fully saturated rings. The van der Waals surface area contributed by atoms with Crippen molar-refractivity contribution in [2.45, 2.75) is 13.8 Å². The molecule has 0 aliphatic rings. The number of carbonyl (C=O) groups is 1. The van der Waals surface area contributed by atoms with Crippen LogP contribution in [0.5, 0.6) is 0 Å². The van der Waals surface area contributed by atoms with Gasteiger partial charge in [-0.25, -0.2) is 0 Å². The first-order chi connectivity index (χ1) is 10.5. The summed E-state index contributed by atoms with van der Waals surface area (Å²) in [6.45, 7) is 4.01. The molecule has 0 saturated heterocycles. The van der Waals surface area contributed by atoms with Crippen molar-refractivity contribution in [1.82, 2.24) is 18.9 Å². The molecule has 3 aromatic heterocycles. The summed E-state index contributed by atoms with van der Waals surface area (Å²) < 4.78 is 5.55. The Morgan fingerprint density at radius 1 is 1.23 bits per heavy atom. The monoisotopic (exact) mass is 315 g/mol. The molecule has 0 aliphatic heterocycles. The Labute approximate surface area is 132 Å². The van der Waals surface area contributed by atoms with Gasteiger partial charge in [-0.2, -0.15) is 10.1 Å². The smallest absolute Gasteiger partial charge is 0.285 e. The van der Waals surface area contributed by atoms with Gasteiger partial charge in [-0.05, 0) is 26.0 Å². The van der Waals surface area contributed by atoms with Crippen LogP contribution < -0.4 is 4.80 Å². The minimum absolute atomic E-state index is 0.284. The maximum absolute atomic E-state index is 12.6. The van der Waals surface area contributed by atoms with Gasteiger partial charge in [-0.3, -0.25) is 9.48 Å². The van der Waals surface area contributed by atoms with E-state index >= 15 is 0 Å². The van der Waals surface area contributed by atoms with Gasteiger partial charge >= 0.3 is 0 Å². The van der Waals surface area contributed by atoms with Crippen molar-refractivity contribution in [3.8, 4) is 5.82 Å². The van der Waals surface area contributed by atoms with Gasteiger partial charge < -0.3 is 9.13 Å². The normalized spacial score (nSPS) is 12.1. The van der Waals surface area contributed by atoms with Gasteiger partial charge in [0.05, 0.1) is 6.20 Å². The lowest BCUT2D eigenvalue weighted by Gasteiger charge is -2.11. The Kier molecular flexibility index (Phi) is 3.58. The van der Waals surface area contributed by atoms with Crippen LogP contribution in [-0.4, -0.2) is 24.8 Å². The van der Waals surface area contributed by atoms with Crippen molar-refractivity contribution in [2.75, 3.05) is 0 Å². The van der Waals surface area contributed by atoms with Gasteiger partial charge in [-0.15, -0.1) is 11.3 Å². The number of amides is 1. The maximum atomic E-state index is 12.6. The predicted octanol–water partition coefficient (Wildman–Crippen LogP) is 1.97. The predicted molar refractivity (Wildman–Crippen MR) is 85.2 cm³/mol. The SMILES string of the molecule is Cc1ccc(C)n1-c1c(C(=O)N=c2sccn2C)cnn1C.